The maximum Gasteiger partial charge on any atom is 0.358 e. The summed E-state index contributed by atoms with van der Waals surface area (Å²) in [4.78, 5) is 32.1. The number of hydrogen-bond donors (Lipinski definition) is 0. The summed E-state index contributed by atoms with van der Waals surface area (Å²) in [7, 11) is 0. The van der Waals surface area contributed by atoms with Gasteiger partial charge in [0, 0.05) is 28.0 Å². The smallest absolute Gasteiger partial charge is 0.358 e. The lowest BCUT2D eigenvalue weighted by Gasteiger charge is -2.06. The minimum Gasteiger partial charge on any atom is -0.462 e. The van der Waals surface area contributed by atoms with Crippen molar-refractivity contribution in [1.29, 1.82) is 0 Å². The van der Waals surface area contributed by atoms with E-state index in [2.05, 4.69) is 9.97 Å². The number of nitrogens with zero attached hydrogens (tertiary/aromatic N) is 2. The van der Waals surface area contributed by atoms with E-state index in [-0.39, 0.29) is 34.7 Å². The number of carbonyl (C=O) groups excluding carboxylic acids is 2. The molecule has 3 aromatic rings. The van der Waals surface area contributed by atoms with Crippen LogP contribution in [0.4, 0.5) is 4.39 Å². The predicted octanol–water partition coefficient (Wildman–Crippen LogP) is 3.36. The molecule has 128 valence electrons. The average molecular weight is 360 g/mol. The quantitative estimate of drug-likeness (QED) is 0.649. The molecule has 0 unspecified atom stereocenters. The van der Waals surface area contributed by atoms with Crippen molar-refractivity contribution in [1.82, 2.24) is 9.97 Å². The molecule has 0 fully saturated rings. The Hall–Kier alpha value is -2.87. The molecule has 0 saturated carbocycles. The van der Waals surface area contributed by atoms with Crippen molar-refractivity contribution in [2.45, 2.75) is 13.5 Å². The summed E-state index contributed by atoms with van der Waals surface area (Å²) >= 11 is 1.10. The van der Waals surface area contributed by atoms with E-state index in [0.29, 0.717) is 4.70 Å². The third-order valence-electron chi connectivity index (χ3n) is 3.34. The van der Waals surface area contributed by atoms with Crippen LogP contribution in [0.3, 0.4) is 0 Å². The highest BCUT2D eigenvalue weighted by molar-refractivity contribution is 7.21. The zero-order valence-electron chi connectivity index (χ0n) is 13.2. The zero-order valence-corrected chi connectivity index (χ0v) is 14.0. The van der Waals surface area contributed by atoms with Gasteiger partial charge in [0.15, 0.2) is 5.69 Å². The molecule has 0 spiro atoms. The second-order valence-corrected chi connectivity index (χ2v) is 5.96. The Morgan fingerprint density at radius 3 is 2.76 bits per heavy atom. The molecule has 0 bridgehead atoms. The summed E-state index contributed by atoms with van der Waals surface area (Å²) in [5.41, 5.74) is 0.314. The molecule has 25 heavy (non-hydrogen) atoms. The first-order valence-corrected chi connectivity index (χ1v) is 8.23. The van der Waals surface area contributed by atoms with Crippen LogP contribution < -0.4 is 0 Å². The molecular weight excluding hydrogens is 347 g/mol. The number of halogens is 1. The molecule has 0 aliphatic heterocycles. The van der Waals surface area contributed by atoms with Gasteiger partial charge < -0.3 is 9.47 Å². The molecule has 0 amide bonds. The summed E-state index contributed by atoms with van der Waals surface area (Å²) in [5.74, 6) is -1.78. The maximum atomic E-state index is 14.2. The van der Waals surface area contributed by atoms with Crippen molar-refractivity contribution >= 4 is 33.4 Å². The highest BCUT2D eigenvalue weighted by Crippen LogP contribution is 2.34. The van der Waals surface area contributed by atoms with Gasteiger partial charge in [-0.25, -0.2) is 19.0 Å². The second kappa shape index (κ2) is 7.35. The number of fused-ring (bicyclic) bond motifs is 1. The zero-order chi connectivity index (χ0) is 17.8. The van der Waals surface area contributed by atoms with Crippen LogP contribution in [0.25, 0.3) is 10.1 Å². The van der Waals surface area contributed by atoms with Gasteiger partial charge in [-0.3, -0.25) is 4.98 Å². The van der Waals surface area contributed by atoms with E-state index in [1.54, 1.807) is 19.1 Å². The molecule has 8 heteroatoms. The monoisotopic (exact) mass is 360 g/mol. The van der Waals surface area contributed by atoms with E-state index < -0.39 is 17.8 Å². The molecule has 0 aliphatic carbocycles. The standard InChI is InChI=1S/C17H13FN2O4S/c1-2-23-17(22)15-10(14-11(18)4-3-5-13(14)25-15)9-24-16(21)12-8-19-6-7-20-12/h3-8H,2,9H2,1H3. The van der Waals surface area contributed by atoms with Gasteiger partial charge >= 0.3 is 11.9 Å². The number of ether oxygens (including phenoxy) is 2. The number of esters is 2. The summed E-state index contributed by atoms with van der Waals surface area (Å²) < 4.78 is 25.0. The van der Waals surface area contributed by atoms with E-state index in [1.165, 1.54) is 24.7 Å². The highest BCUT2D eigenvalue weighted by atomic mass is 32.1. The van der Waals surface area contributed by atoms with E-state index in [9.17, 15) is 14.0 Å². The summed E-state index contributed by atoms with van der Waals surface area (Å²) in [6.45, 7) is 1.60. The van der Waals surface area contributed by atoms with Gasteiger partial charge in [0.25, 0.3) is 0 Å². The van der Waals surface area contributed by atoms with E-state index in [1.807, 2.05) is 0 Å². The predicted molar refractivity (Wildman–Crippen MR) is 88.9 cm³/mol. The van der Waals surface area contributed by atoms with Gasteiger partial charge in [-0.2, -0.15) is 0 Å². The highest BCUT2D eigenvalue weighted by Gasteiger charge is 2.23. The summed E-state index contributed by atoms with van der Waals surface area (Å²) in [5, 5.41) is 0.252. The number of thiophene rings is 1. The average Bonchev–Trinajstić information content (AvgIpc) is 3.01. The van der Waals surface area contributed by atoms with Crippen molar-refractivity contribution in [3.8, 4) is 0 Å². The van der Waals surface area contributed by atoms with Crippen molar-refractivity contribution in [3.63, 3.8) is 0 Å². The van der Waals surface area contributed by atoms with Crippen molar-refractivity contribution in [2.24, 2.45) is 0 Å². The number of aromatic nitrogens is 2. The fraction of sp³-hybridized carbons (Fsp3) is 0.176. The van der Waals surface area contributed by atoms with Crippen LogP contribution in [-0.4, -0.2) is 28.5 Å². The largest absolute Gasteiger partial charge is 0.462 e. The fourth-order valence-electron chi connectivity index (χ4n) is 2.28. The second-order valence-electron chi connectivity index (χ2n) is 4.91. The van der Waals surface area contributed by atoms with Gasteiger partial charge in [0.1, 0.15) is 17.3 Å². The molecule has 0 atom stereocenters. The molecule has 0 aliphatic rings. The van der Waals surface area contributed by atoms with E-state index in [0.717, 1.165) is 11.3 Å². The molecule has 3 rings (SSSR count). The molecule has 0 saturated heterocycles. The minimum atomic E-state index is -0.710. The first-order valence-electron chi connectivity index (χ1n) is 7.42. The topological polar surface area (TPSA) is 78.4 Å². The van der Waals surface area contributed by atoms with Crippen LogP contribution in [-0.2, 0) is 16.1 Å². The Bertz CT molecular complexity index is 927. The van der Waals surface area contributed by atoms with Crippen LogP contribution in [0.15, 0.2) is 36.8 Å². The molecule has 0 N–H and O–H groups in total. The Balaban J connectivity index is 1.94. The van der Waals surface area contributed by atoms with Gasteiger partial charge in [-0.1, -0.05) is 6.07 Å². The van der Waals surface area contributed by atoms with Gasteiger partial charge in [0.2, 0.25) is 0 Å². The third-order valence-corrected chi connectivity index (χ3v) is 4.52. The Morgan fingerprint density at radius 2 is 2.04 bits per heavy atom. The lowest BCUT2D eigenvalue weighted by molar-refractivity contribution is 0.0448. The molecule has 2 heterocycles. The SMILES string of the molecule is CCOC(=O)c1sc2cccc(F)c2c1COC(=O)c1cnccn1. The van der Waals surface area contributed by atoms with Gasteiger partial charge in [0.05, 0.1) is 12.8 Å². The first kappa shape index (κ1) is 17.0. The lowest BCUT2D eigenvalue weighted by Crippen LogP contribution is -2.10. The van der Waals surface area contributed by atoms with Crippen LogP contribution >= 0.6 is 11.3 Å². The fourth-order valence-corrected chi connectivity index (χ4v) is 3.40. The molecule has 0 radical (unpaired) electrons. The Morgan fingerprint density at radius 1 is 1.20 bits per heavy atom. The number of carbonyl (C=O) groups is 2. The van der Waals surface area contributed by atoms with Crippen molar-refractivity contribution in [2.75, 3.05) is 6.61 Å². The lowest BCUT2D eigenvalue weighted by atomic mass is 10.1. The number of rotatable bonds is 5. The van der Waals surface area contributed by atoms with Gasteiger partial charge in [-0.15, -0.1) is 11.3 Å². The minimum absolute atomic E-state index is 0.0280. The molecule has 1 aromatic carbocycles. The van der Waals surface area contributed by atoms with E-state index >= 15 is 0 Å². The molecular formula is C17H13FN2O4S. The van der Waals surface area contributed by atoms with Crippen molar-refractivity contribution < 1.29 is 23.5 Å². The number of benzene rings is 1. The summed E-state index contributed by atoms with van der Waals surface area (Å²) in [6, 6.07) is 4.54. The first-order chi connectivity index (χ1) is 12.1. The van der Waals surface area contributed by atoms with Gasteiger partial charge in [-0.05, 0) is 19.1 Å². The number of hydrogen-bond acceptors (Lipinski definition) is 7. The van der Waals surface area contributed by atoms with E-state index in [4.69, 9.17) is 9.47 Å². The van der Waals surface area contributed by atoms with Crippen LogP contribution in [0, 0.1) is 5.82 Å². The summed E-state index contributed by atoms with van der Waals surface area (Å²) in [6.07, 6.45) is 4.05. The molecule has 2 aromatic heterocycles. The molecule has 6 nitrogen and oxygen atoms in total. The van der Waals surface area contributed by atoms with Crippen LogP contribution in [0.1, 0.15) is 32.6 Å². The van der Waals surface area contributed by atoms with Crippen molar-refractivity contribution in [3.05, 3.63) is 58.7 Å². The Kier molecular flexibility index (Phi) is 4.99. The normalized spacial score (nSPS) is 10.6. The maximum absolute atomic E-state index is 14.2. The van der Waals surface area contributed by atoms with Crippen LogP contribution in [0.5, 0.6) is 0 Å². The third kappa shape index (κ3) is 3.48. The van der Waals surface area contributed by atoms with Crippen LogP contribution in [0.2, 0.25) is 0 Å². The Labute approximate surface area is 146 Å².